The second-order valence-electron chi connectivity index (χ2n) is 0.707. The predicted octanol–water partition coefficient (Wildman–Crippen LogP) is 2.76. The maximum absolute atomic E-state index is 3.54. The van der Waals surface area contributed by atoms with Gasteiger partial charge in [0.15, 0.2) is 0 Å². The molecule has 0 atom stereocenters. The molecule has 0 aliphatic carbocycles. The van der Waals surface area contributed by atoms with Crippen LogP contribution in [0.25, 0.3) is 0 Å². The average molecular weight is 1740 g/mol. The molecule has 0 saturated heterocycles. The summed E-state index contributed by atoms with van der Waals surface area (Å²) in [5.74, 6) is 0. The minimum absolute atomic E-state index is 0. The Morgan fingerprint density at radius 3 is 0.421 bits per heavy atom. The molecule has 0 N–H and O–H groups in total. The molecule has 0 bridgehead atoms. The Labute approximate surface area is 361 Å². The van der Waals surface area contributed by atoms with Crippen LogP contribution in [0, 0.1) is 36.1 Å². The van der Waals surface area contributed by atoms with Crippen LogP contribution >= 0.6 is 0 Å². The summed E-state index contributed by atoms with van der Waals surface area (Å²) in [5, 5.41) is 0. The van der Waals surface area contributed by atoms with Crippen molar-refractivity contribution in [2.75, 3.05) is 0 Å². The average Bonchev–Trinajstić information content (AvgIpc) is 1.37. The van der Waals surface area contributed by atoms with E-state index in [-0.39, 0.29) is 345 Å². The maximum atomic E-state index is 3.54. The molecule has 0 aliphatic rings. The van der Waals surface area contributed by atoms with E-state index in [4.69, 9.17) is 0 Å². The molecule has 0 aromatic heterocycles. The standard InChI is InChI=1S/C4H8.3CH3.6W.6Y/c1-3-4-2;;;;;;;;;;;;;;;/h1-4H2;3*1H3;;;;;;;;;;;;/q-2;3*-1;;;;;;;;;;;;. The van der Waals surface area contributed by atoms with Crippen molar-refractivity contribution in [2.24, 2.45) is 0 Å². The Kier molecular flexibility index (Phi) is 932. The summed E-state index contributed by atoms with van der Waals surface area (Å²) < 4.78 is 0. The maximum Gasteiger partial charge on any atom is 0 e. The van der Waals surface area contributed by atoms with Gasteiger partial charge in [0.05, 0.1) is 0 Å². The molecule has 0 saturated carbocycles. The summed E-state index contributed by atoms with van der Waals surface area (Å²) in [6, 6.07) is 0. The molecule has 0 fully saturated rings. The first-order chi connectivity index (χ1) is 1.91. The van der Waals surface area contributed by atoms with Crippen molar-refractivity contribution in [3.05, 3.63) is 36.1 Å². The zero-order chi connectivity index (χ0) is 3.41. The molecule has 0 nitrogen and oxygen atoms in total. The van der Waals surface area contributed by atoms with Gasteiger partial charge in [-0.3, -0.25) is 0 Å². The first-order valence-electron chi connectivity index (χ1n) is 1.50. The van der Waals surface area contributed by atoms with Crippen LogP contribution in [0.15, 0.2) is 0 Å². The molecule has 0 aromatic carbocycles. The predicted molar refractivity (Wildman–Crippen MR) is 39.2 cm³/mol. The second kappa shape index (κ2) is 136. The van der Waals surface area contributed by atoms with E-state index in [1.165, 1.54) is 0 Å². The van der Waals surface area contributed by atoms with Crippen molar-refractivity contribution in [2.45, 2.75) is 12.8 Å². The summed E-state index contributed by atoms with van der Waals surface area (Å²) >= 11 is 0. The largest absolute Gasteiger partial charge is 0.358 e. The third-order valence-corrected chi connectivity index (χ3v) is 0.250. The van der Waals surface area contributed by atoms with Crippen molar-refractivity contribution in [3.63, 3.8) is 0 Å². The van der Waals surface area contributed by atoms with Crippen molar-refractivity contribution in [1.82, 2.24) is 0 Å². The monoisotopic (exact) mass is 1740 g/mol. The van der Waals surface area contributed by atoms with Crippen molar-refractivity contribution < 1.29 is 323 Å². The molecule has 19 heavy (non-hydrogen) atoms. The summed E-state index contributed by atoms with van der Waals surface area (Å²) in [6.07, 6.45) is 1.92. The molecule has 6 radical (unpaired) electrons. The molecule has 0 amide bonds. The Hall–Kier alpha value is 10.8. The fourth-order valence-electron chi connectivity index (χ4n) is 0. The van der Waals surface area contributed by atoms with E-state index in [1.807, 2.05) is 0 Å². The summed E-state index contributed by atoms with van der Waals surface area (Å²) in [5.41, 5.74) is 0. The number of rotatable bonds is 1. The zero-order valence-corrected chi connectivity index (χ0v) is 46.4. The third-order valence-electron chi connectivity index (χ3n) is 0.250. The van der Waals surface area contributed by atoms with Crippen LogP contribution in [-0.4, -0.2) is 0 Å². The van der Waals surface area contributed by atoms with E-state index in [1.54, 1.807) is 0 Å². The van der Waals surface area contributed by atoms with Crippen LogP contribution in [0.2, 0.25) is 0 Å². The van der Waals surface area contributed by atoms with Gasteiger partial charge in [-0.2, -0.15) is 0 Å². The Morgan fingerprint density at radius 2 is 0.421 bits per heavy atom. The number of unbranched alkanes of at least 4 members (excludes halogenated alkanes) is 1. The van der Waals surface area contributed by atoms with Crippen molar-refractivity contribution in [1.29, 1.82) is 0 Å². The van der Waals surface area contributed by atoms with E-state index in [0.717, 1.165) is 12.8 Å². The van der Waals surface area contributed by atoms with Gasteiger partial charge in [0.25, 0.3) is 0 Å². The van der Waals surface area contributed by atoms with E-state index < -0.39 is 0 Å². The van der Waals surface area contributed by atoms with Gasteiger partial charge < -0.3 is 36.1 Å². The van der Waals surface area contributed by atoms with Gasteiger partial charge in [-0.15, -0.1) is 0 Å². The molecule has 0 aliphatic heterocycles. The fraction of sp³-hybridized carbons (Fsp3) is 0.286. The van der Waals surface area contributed by atoms with Gasteiger partial charge in [-0.25, -0.2) is 12.8 Å². The molecule has 0 spiro atoms. The Bertz CT molecular complexity index is 32.0. The van der Waals surface area contributed by atoms with Crippen LogP contribution in [-0.2, 0) is 323 Å². The molecular formula is C7H17W6Y6-5. The van der Waals surface area contributed by atoms with Gasteiger partial charge in [0.2, 0.25) is 0 Å². The molecule has 104 valence electrons. The minimum atomic E-state index is 0. The molecule has 12 heteroatoms. The van der Waals surface area contributed by atoms with Crippen molar-refractivity contribution >= 4 is 0 Å². The van der Waals surface area contributed by atoms with Crippen LogP contribution < -0.4 is 0 Å². The number of hydrogen-bond acceptors (Lipinski definition) is 0. The molecule has 0 aromatic rings. The van der Waals surface area contributed by atoms with Crippen molar-refractivity contribution in [3.8, 4) is 0 Å². The van der Waals surface area contributed by atoms with Crippen LogP contribution in [0.5, 0.6) is 0 Å². The quantitative estimate of drug-likeness (QED) is 0.355. The first kappa shape index (κ1) is 130. The van der Waals surface area contributed by atoms with Crippen LogP contribution in [0.1, 0.15) is 12.8 Å². The topological polar surface area (TPSA) is 0 Å². The third kappa shape index (κ3) is 149. The Morgan fingerprint density at radius 1 is 0.368 bits per heavy atom. The van der Waals surface area contributed by atoms with E-state index in [0.29, 0.717) is 0 Å². The normalized spacial score (nSPS) is 1.58. The smallest absolute Gasteiger partial charge is 0 e. The first-order valence-corrected chi connectivity index (χ1v) is 1.50. The SMILES string of the molecule is [CH2-]CC[CH2-].[CH3-].[CH3-].[CH3-].[W].[W].[W].[W].[W].[W].[Y].[Y].[Y].[Y].[Y].[Y]. The fourth-order valence-corrected chi connectivity index (χ4v) is 0. The van der Waals surface area contributed by atoms with E-state index in [9.17, 15) is 0 Å². The number of hydrogen-bond donors (Lipinski definition) is 0. The van der Waals surface area contributed by atoms with Crippen LogP contribution in [0.4, 0.5) is 0 Å². The van der Waals surface area contributed by atoms with Gasteiger partial charge in [0, 0.05) is 323 Å². The molecule has 0 rings (SSSR count). The summed E-state index contributed by atoms with van der Waals surface area (Å²) in [4.78, 5) is 0. The second-order valence-corrected chi connectivity index (χ2v) is 0.707. The molecule has 0 unspecified atom stereocenters. The van der Waals surface area contributed by atoms with Crippen LogP contribution in [0.3, 0.4) is 0 Å². The molecule has 0 heterocycles. The van der Waals surface area contributed by atoms with E-state index >= 15 is 0 Å². The minimum Gasteiger partial charge on any atom is -0.358 e. The zero-order valence-electron chi connectivity index (χ0n) is 11.7. The van der Waals surface area contributed by atoms with Gasteiger partial charge in [-0.05, 0) is 0 Å². The Balaban J connectivity index is -0.000000000429. The van der Waals surface area contributed by atoms with Gasteiger partial charge in [0.1, 0.15) is 0 Å². The molecular weight excluding hydrogens is 1720 g/mol. The van der Waals surface area contributed by atoms with E-state index in [2.05, 4.69) is 13.8 Å². The van der Waals surface area contributed by atoms with Gasteiger partial charge in [-0.1, -0.05) is 0 Å². The summed E-state index contributed by atoms with van der Waals surface area (Å²) in [6.45, 7) is 7.08. The van der Waals surface area contributed by atoms with Gasteiger partial charge >= 0.3 is 0 Å². The summed E-state index contributed by atoms with van der Waals surface area (Å²) in [7, 11) is 0.